The molecule has 2 aromatic carbocycles. The first-order valence-electron chi connectivity index (χ1n) is 9.64. The maximum atomic E-state index is 14.2. The van der Waals surface area contributed by atoms with E-state index in [0.717, 1.165) is 23.1 Å². The topological polar surface area (TPSA) is 75.3 Å². The van der Waals surface area contributed by atoms with Gasteiger partial charge in [-0.25, -0.2) is 17.5 Å². The average Bonchev–Trinajstić information content (AvgIpc) is 3.15. The summed E-state index contributed by atoms with van der Waals surface area (Å²) < 4.78 is 41.2. The van der Waals surface area contributed by atoms with Crippen molar-refractivity contribution in [3.05, 3.63) is 53.8 Å². The number of hydrogen-bond donors (Lipinski definition) is 2. The van der Waals surface area contributed by atoms with Crippen molar-refractivity contribution >= 4 is 33.4 Å². The van der Waals surface area contributed by atoms with Crippen LogP contribution in [0.25, 0.3) is 0 Å². The second-order valence-corrected chi connectivity index (χ2v) is 10.5. The fourth-order valence-corrected chi connectivity index (χ4v) is 5.76. The molecule has 0 bridgehead atoms. The lowest BCUT2D eigenvalue weighted by Crippen LogP contribution is -2.30. The summed E-state index contributed by atoms with van der Waals surface area (Å²) in [5, 5.41) is 3.28. The Kier molecular flexibility index (Phi) is 6.97. The van der Waals surface area contributed by atoms with Gasteiger partial charge in [0.05, 0.1) is 10.5 Å². The summed E-state index contributed by atoms with van der Waals surface area (Å²) in [6.07, 6.45) is 5.01. The van der Waals surface area contributed by atoms with Crippen LogP contribution in [-0.4, -0.2) is 25.6 Å². The van der Waals surface area contributed by atoms with Crippen molar-refractivity contribution < 1.29 is 17.6 Å². The van der Waals surface area contributed by atoms with Gasteiger partial charge < -0.3 is 5.32 Å². The molecule has 0 atom stereocenters. The Morgan fingerprint density at radius 2 is 1.76 bits per heavy atom. The normalized spacial score (nSPS) is 15.0. The lowest BCUT2D eigenvalue weighted by atomic mass is 10.2. The van der Waals surface area contributed by atoms with Gasteiger partial charge >= 0.3 is 0 Å². The molecule has 156 valence electrons. The summed E-state index contributed by atoms with van der Waals surface area (Å²) in [6, 6.07) is 10.3. The number of carbonyl (C=O) groups excluding carboxylic acids is 1. The molecule has 1 aliphatic carbocycles. The zero-order valence-electron chi connectivity index (χ0n) is 16.4. The summed E-state index contributed by atoms with van der Waals surface area (Å²) in [6.45, 7) is 3.37. The van der Waals surface area contributed by atoms with Gasteiger partial charge in [-0.3, -0.25) is 4.79 Å². The molecule has 0 aromatic heterocycles. The zero-order valence-corrected chi connectivity index (χ0v) is 18.1. The van der Waals surface area contributed by atoms with Crippen molar-refractivity contribution in [2.45, 2.75) is 60.6 Å². The van der Waals surface area contributed by atoms with Gasteiger partial charge in [-0.2, -0.15) is 0 Å². The molecular formula is C21H25FN2O3S2. The number of hydrogen-bond acceptors (Lipinski definition) is 4. The molecule has 0 aliphatic heterocycles. The third-order valence-electron chi connectivity index (χ3n) is 4.60. The first-order valence-corrected chi connectivity index (χ1v) is 12.0. The van der Waals surface area contributed by atoms with Crippen molar-refractivity contribution in [1.82, 2.24) is 4.72 Å². The first-order chi connectivity index (χ1) is 13.7. The molecule has 0 heterocycles. The smallest absolute Gasteiger partial charge is 0.258 e. The fraction of sp³-hybridized carbons (Fsp3) is 0.381. The molecular weight excluding hydrogens is 411 g/mol. The highest BCUT2D eigenvalue weighted by Gasteiger charge is 2.20. The van der Waals surface area contributed by atoms with Crippen LogP contribution in [0.3, 0.4) is 0 Å². The van der Waals surface area contributed by atoms with Crippen LogP contribution in [-0.2, 0) is 10.0 Å². The molecule has 2 aromatic rings. The summed E-state index contributed by atoms with van der Waals surface area (Å²) in [4.78, 5) is 13.5. The number of carbonyl (C=O) groups is 1. The Labute approximate surface area is 175 Å². The Balaban J connectivity index is 1.72. The van der Waals surface area contributed by atoms with Crippen LogP contribution in [0.4, 0.5) is 10.1 Å². The van der Waals surface area contributed by atoms with Gasteiger partial charge in [0.15, 0.2) is 0 Å². The Hall–Kier alpha value is -1.90. The maximum absolute atomic E-state index is 14.2. The predicted octanol–water partition coefficient (Wildman–Crippen LogP) is 4.80. The van der Waals surface area contributed by atoms with Crippen molar-refractivity contribution in [1.29, 1.82) is 0 Å². The van der Waals surface area contributed by atoms with E-state index >= 15 is 0 Å². The highest BCUT2D eigenvalue weighted by Crippen LogP contribution is 2.35. The van der Waals surface area contributed by atoms with E-state index < -0.39 is 21.7 Å². The first kappa shape index (κ1) is 21.8. The third kappa shape index (κ3) is 5.81. The molecule has 1 aliphatic rings. The highest BCUT2D eigenvalue weighted by molar-refractivity contribution is 8.00. The molecule has 2 N–H and O–H groups in total. The third-order valence-corrected chi connectivity index (χ3v) is 7.61. The van der Waals surface area contributed by atoms with E-state index in [0.29, 0.717) is 10.9 Å². The molecule has 0 spiro atoms. The van der Waals surface area contributed by atoms with Crippen LogP contribution >= 0.6 is 11.8 Å². The summed E-state index contributed by atoms with van der Waals surface area (Å²) >= 11 is 1.84. The quantitative estimate of drug-likeness (QED) is 0.654. The highest BCUT2D eigenvalue weighted by atomic mass is 32.2. The molecule has 1 amide bonds. The van der Waals surface area contributed by atoms with E-state index in [1.807, 2.05) is 23.9 Å². The van der Waals surface area contributed by atoms with Gasteiger partial charge in [0, 0.05) is 21.9 Å². The molecule has 0 saturated heterocycles. The number of amides is 1. The number of anilines is 1. The predicted molar refractivity (Wildman–Crippen MR) is 114 cm³/mol. The number of thioether (sulfide) groups is 1. The second-order valence-electron chi connectivity index (χ2n) is 7.42. The molecule has 1 saturated carbocycles. The molecule has 29 heavy (non-hydrogen) atoms. The number of nitrogens with one attached hydrogen (secondary N) is 2. The van der Waals surface area contributed by atoms with E-state index in [1.54, 1.807) is 26.0 Å². The summed E-state index contributed by atoms with van der Waals surface area (Å²) in [5.74, 6) is -1.47. The van der Waals surface area contributed by atoms with E-state index in [4.69, 9.17) is 0 Å². The second kappa shape index (κ2) is 9.28. The zero-order chi connectivity index (χ0) is 21.0. The lowest BCUT2D eigenvalue weighted by molar-refractivity contribution is 0.102. The minimum Gasteiger partial charge on any atom is -0.322 e. The van der Waals surface area contributed by atoms with E-state index in [9.17, 15) is 17.6 Å². The van der Waals surface area contributed by atoms with Crippen molar-refractivity contribution in [3.8, 4) is 0 Å². The van der Waals surface area contributed by atoms with Gasteiger partial charge in [0.25, 0.3) is 5.91 Å². The van der Waals surface area contributed by atoms with E-state index in [1.165, 1.54) is 25.7 Å². The number of benzene rings is 2. The maximum Gasteiger partial charge on any atom is 0.258 e. The Morgan fingerprint density at radius 1 is 1.10 bits per heavy atom. The largest absolute Gasteiger partial charge is 0.322 e. The summed E-state index contributed by atoms with van der Waals surface area (Å²) in [5.41, 5.74) is 0.208. The molecule has 0 radical (unpaired) electrons. The molecule has 0 unspecified atom stereocenters. The van der Waals surface area contributed by atoms with Crippen molar-refractivity contribution in [2.24, 2.45) is 0 Å². The number of rotatable bonds is 7. The van der Waals surface area contributed by atoms with E-state index in [2.05, 4.69) is 10.0 Å². The standard InChI is InChI=1S/C21H25FN2O3S2/c1-14(2)24-29(26,27)18-11-12-20(22)19(13-18)21(25)23-15-7-9-17(10-8-15)28-16-5-3-4-6-16/h7-14,16,24H,3-6H2,1-2H3,(H,23,25). The Morgan fingerprint density at radius 3 is 2.38 bits per heavy atom. The van der Waals surface area contributed by atoms with Crippen LogP contribution in [0.2, 0.25) is 0 Å². The van der Waals surface area contributed by atoms with Gasteiger partial charge in [0.1, 0.15) is 5.82 Å². The van der Waals surface area contributed by atoms with Gasteiger partial charge in [0.2, 0.25) is 10.0 Å². The Bertz CT molecular complexity index is 970. The molecule has 5 nitrogen and oxygen atoms in total. The fourth-order valence-electron chi connectivity index (χ4n) is 3.24. The van der Waals surface area contributed by atoms with Crippen LogP contribution in [0.5, 0.6) is 0 Å². The van der Waals surface area contributed by atoms with Crippen LogP contribution in [0.1, 0.15) is 49.9 Å². The van der Waals surface area contributed by atoms with Crippen molar-refractivity contribution in [3.63, 3.8) is 0 Å². The number of sulfonamides is 1. The molecule has 1 fully saturated rings. The monoisotopic (exact) mass is 436 g/mol. The van der Waals surface area contributed by atoms with Gasteiger partial charge in [-0.05, 0) is 69.2 Å². The minimum atomic E-state index is -3.82. The number of halogens is 1. The average molecular weight is 437 g/mol. The SMILES string of the molecule is CC(C)NS(=O)(=O)c1ccc(F)c(C(=O)Nc2ccc(SC3CCCC3)cc2)c1. The van der Waals surface area contributed by atoms with Gasteiger partial charge in [-0.1, -0.05) is 12.8 Å². The van der Waals surface area contributed by atoms with Crippen LogP contribution in [0.15, 0.2) is 52.3 Å². The summed E-state index contributed by atoms with van der Waals surface area (Å²) in [7, 11) is -3.82. The molecule has 3 rings (SSSR count). The lowest BCUT2D eigenvalue weighted by Gasteiger charge is -2.12. The van der Waals surface area contributed by atoms with Gasteiger partial charge in [-0.15, -0.1) is 11.8 Å². The van der Waals surface area contributed by atoms with Crippen LogP contribution < -0.4 is 10.0 Å². The minimum absolute atomic E-state index is 0.152. The van der Waals surface area contributed by atoms with Crippen molar-refractivity contribution in [2.75, 3.05) is 5.32 Å². The molecule has 8 heteroatoms. The van der Waals surface area contributed by atoms with Crippen LogP contribution in [0, 0.1) is 5.82 Å². The van der Waals surface area contributed by atoms with E-state index in [-0.39, 0.29) is 16.5 Å².